The maximum absolute atomic E-state index is 4.11. The Morgan fingerprint density at radius 2 is 0.667 bits per heavy atom. The van der Waals surface area contributed by atoms with Crippen LogP contribution in [0.1, 0.15) is 62.8 Å². The number of dihydropyridines is 1. The molecule has 2 aliphatic heterocycles. The topological polar surface area (TPSA) is 36.1 Å². The Balaban J connectivity index is 1.04. The lowest BCUT2D eigenvalue weighted by atomic mass is 9.77. The van der Waals surface area contributed by atoms with Crippen LogP contribution in [0, 0.1) is 0 Å². The monoisotopic (exact) mass is 847 g/mol. The highest BCUT2D eigenvalue weighted by atomic mass is 15.2. The van der Waals surface area contributed by atoms with Gasteiger partial charge in [0.1, 0.15) is 6.17 Å². The van der Waals surface area contributed by atoms with Crippen LogP contribution in [0.15, 0.2) is 261 Å². The minimum Gasteiger partial charge on any atom is -0.373 e. The lowest BCUT2D eigenvalue weighted by molar-refractivity contribution is 0.443. The molecule has 66 heavy (non-hydrogen) atoms. The highest BCUT2D eigenvalue weighted by Crippen LogP contribution is 2.50. The third-order valence-corrected chi connectivity index (χ3v) is 12.9. The molecule has 9 aromatic carbocycles. The predicted molar refractivity (Wildman–Crippen MR) is 275 cm³/mol. The molecule has 3 N–H and O–H groups in total. The molecule has 0 fully saturated rings. The molecule has 0 spiro atoms. The summed E-state index contributed by atoms with van der Waals surface area (Å²) in [7, 11) is 0. The number of hydrogen-bond donors (Lipinski definition) is 3. The molecule has 11 rings (SSSR count). The quantitative estimate of drug-likeness (QED) is 0.128. The average molecular weight is 848 g/mol. The van der Waals surface area contributed by atoms with Gasteiger partial charge < -0.3 is 10.6 Å². The van der Waals surface area contributed by atoms with E-state index in [1.54, 1.807) is 0 Å². The Labute approximate surface area is 388 Å². The molecule has 0 radical (unpaired) electrons. The summed E-state index contributed by atoms with van der Waals surface area (Å²) >= 11 is 0. The van der Waals surface area contributed by atoms with E-state index < -0.39 is 0 Å². The second-order valence-corrected chi connectivity index (χ2v) is 17.0. The van der Waals surface area contributed by atoms with Crippen molar-refractivity contribution < 1.29 is 0 Å². The average Bonchev–Trinajstić information content (AvgIpc) is 3.42. The fraction of sp³-hybridized carbons (Fsp3) is 0.0476. The molecule has 0 aliphatic carbocycles. The summed E-state index contributed by atoms with van der Waals surface area (Å²) in [5.74, 6) is 0. The molecule has 2 heterocycles. The highest BCUT2D eigenvalue weighted by Gasteiger charge is 2.33. The van der Waals surface area contributed by atoms with Gasteiger partial charge in [0.25, 0.3) is 0 Å². The Morgan fingerprint density at radius 3 is 1.21 bits per heavy atom. The SMILES string of the molecule is C1=C(c2ccc(-c3ccccc3)cc2)NC(c2ccc(-c3ccccc3)cc2)NC1c1ccc(C2=C(c3ccccc3)C(c3ccccc3)NC(c3ccccc3)=C2c2ccccc2)cc1. The van der Waals surface area contributed by atoms with Crippen LogP contribution in [0.3, 0.4) is 0 Å². The Hall–Kier alpha value is -8.24. The van der Waals surface area contributed by atoms with E-state index in [1.807, 2.05) is 0 Å². The van der Waals surface area contributed by atoms with Crippen molar-refractivity contribution in [2.24, 2.45) is 0 Å². The maximum Gasteiger partial charge on any atom is 0.104 e. The largest absolute Gasteiger partial charge is 0.373 e. The van der Waals surface area contributed by atoms with Gasteiger partial charge in [-0.25, -0.2) is 0 Å². The molecule has 0 amide bonds. The third kappa shape index (κ3) is 8.32. The van der Waals surface area contributed by atoms with Crippen molar-refractivity contribution in [3.63, 3.8) is 0 Å². The fourth-order valence-electron chi connectivity index (χ4n) is 9.56. The van der Waals surface area contributed by atoms with Gasteiger partial charge in [-0.05, 0) is 84.0 Å². The van der Waals surface area contributed by atoms with Crippen molar-refractivity contribution in [3.05, 3.63) is 305 Å². The molecule has 2 aliphatic rings. The van der Waals surface area contributed by atoms with E-state index in [2.05, 4.69) is 277 Å². The van der Waals surface area contributed by atoms with Gasteiger partial charge in [-0.3, -0.25) is 5.32 Å². The standard InChI is InChI=1S/C63H49N3/c1-7-19-44(20-8-1)46-31-35-48(36-32-46)56-43-57(65-63(64-56)55-41-33-47(34-42-55)45-21-9-2-10-22-45)49-37-39-52(40-38-49)58-59(50-23-11-3-12-24-50)61(53-27-15-5-16-28-53)66-62(54-29-17-6-18-30-54)60(58)51-25-13-4-14-26-51/h1-43,57,61,63-66H. The predicted octanol–water partition coefficient (Wildman–Crippen LogP) is 14.8. The molecule has 3 nitrogen and oxygen atoms in total. The molecule has 0 aromatic heterocycles. The first kappa shape index (κ1) is 40.5. The van der Waals surface area contributed by atoms with Crippen molar-refractivity contribution in [1.29, 1.82) is 0 Å². The summed E-state index contributed by atoms with van der Waals surface area (Å²) in [6.45, 7) is 0. The van der Waals surface area contributed by atoms with Gasteiger partial charge >= 0.3 is 0 Å². The van der Waals surface area contributed by atoms with Gasteiger partial charge in [0.05, 0.1) is 17.8 Å². The van der Waals surface area contributed by atoms with Crippen LogP contribution < -0.4 is 16.0 Å². The molecular weight excluding hydrogens is 799 g/mol. The first-order chi connectivity index (χ1) is 32.7. The summed E-state index contributed by atoms with van der Waals surface area (Å²) < 4.78 is 0. The lowest BCUT2D eigenvalue weighted by Crippen LogP contribution is -2.39. The van der Waals surface area contributed by atoms with Gasteiger partial charge in [-0.2, -0.15) is 0 Å². The van der Waals surface area contributed by atoms with Crippen LogP contribution >= 0.6 is 0 Å². The summed E-state index contributed by atoms with van der Waals surface area (Å²) in [5.41, 5.74) is 20.0. The first-order valence-electron chi connectivity index (χ1n) is 22.9. The van der Waals surface area contributed by atoms with Gasteiger partial charge in [0, 0.05) is 11.3 Å². The molecule has 3 atom stereocenters. The van der Waals surface area contributed by atoms with Crippen LogP contribution in [0.25, 0.3) is 50.4 Å². The van der Waals surface area contributed by atoms with E-state index in [1.165, 1.54) is 61.2 Å². The van der Waals surface area contributed by atoms with Crippen LogP contribution in [-0.2, 0) is 0 Å². The zero-order valence-corrected chi connectivity index (χ0v) is 36.6. The molecular formula is C63H49N3. The Kier molecular flexibility index (Phi) is 11.3. The summed E-state index contributed by atoms with van der Waals surface area (Å²) in [6, 6.07) is 91.6. The molecule has 9 aromatic rings. The number of allylic oxidation sites excluding steroid dienone is 2. The highest BCUT2D eigenvalue weighted by molar-refractivity contribution is 6.23. The normalized spacial score (nSPS) is 17.1. The number of nitrogens with one attached hydrogen (secondary N) is 3. The van der Waals surface area contributed by atoms with Crippen LogP contribution in [0.2, 0.25) is 0 Å². The first-order valence-corrected chi connectivity index (χ1v) is 22.9. The van der Waals surface area contributed by atoms with Crippen molar-refractivity contribution >= 4 is 28.1 Å². The summed E-state index contributed by atoms with van der Waals surface area (Å²) in [5, 5.41) is 12.0. The molecule has 0 bridgehead atoms. The minimum atomic E-state index is -0.127. The summed E-state index contributed by atoms with van der Waals surface area (Å²) in [4.78, 5) is 0. The van der Waals surface area contributed by atoms with E-state index in [4.69, 9.17) is 0 Å². The molecule has 0 saturated heterocycles. The zero-order valence-electron chi connectivity index (χ0n) is 36.6. The van der Waals surface area contributed by atoms with Crippen molar-refractivity contribution in [2.75, 3.05) is 0 Å². The minimum absolute atomic E-state index is 0.0698. The van der Waals surface area contributed by atoms with Crippen molar-refractivity contribution in [1.82, 2.24) is 16.0 Å². The molecule has 316 valence electrons. The van der Waals surface area contributed by atoms with E-state index in [0.717, 1.165) is 33.6 Å². The van der Waals surface area contributed by atoms with Crippen LogP contribution in [-0.4, -0.2) is 0 Å². The zero-order chi connectivity index (χ0) is 44.1. The van der Waals surface area contributed by atoms with Gasteiger partial charge in [-0.1, -0.05) is 255 Å². The van der Waals surface area contributed by atoms with Crippen molar-refractivity contribution in [2.45, 2.75) is 18.2 Å². The van der Waals surface area contributed by atoms with E-state index in [-0.39, 0.29) is 18.2 Å². The van der Waals surface area contributed by atoms with E-state index in [0.29, 0.717) is 0 Å². The van der Waals surface area contributed by atoms with Crippen molar-refractivity contribution in [3.8, 4) is 22.3 Å². The number of rotatable bonds is 10. The maximum atomic E-state index is 4.11. The van der Waals surface area contributed by atoms with Crippen LogP contribution in [0.5, 0.6) is 0 Å². The molecule has 0 saturated carbocycles. The third-order valence-electron chi connectivity index (χ3n) is 12.9. The fourth-order valence-corrected chi connectivity index (χ4v) is 9.56. The van der Waals surface area contributed by atoms with Gasteiger partial charge in [0.2, 0.25) is 0 Å². The Morgan fingerprint density at radius 1 is 0.273 bits per heavy atom. The lowest BCUT2D eigenvalue weighted by Gasteiger charge is -2.36. The van der Waals surface area contributed by atoms with E-state index >= 15 is 0 Å². The second-order valence-electron chi connectivity index (χ2n) is 17.0. The molecule has 3 unspecified atom stereocenters. The van der Waals surface area contributed by atoms with E-state index in [9.17, 15) is 0 Å². The number of benzene rings is 9. The smallest absolute Gasteiger partial charge is 0.104 e. The van der Waals surface area contributed by atoms with Crippen LogP contribution in [0.4, 0.5) is 0 Å². The van der Waals surface area contributed by atoms with Gasteiger partial charge in [-0.15, -0.1) is 0 Å². The Bertz CT molecular complexity index is 3140. The second kappa shape index (κ2) is 18.5. The molecule has 3 heteroatoms. The van der Waals surface area contributed by atoms with Gasteiger partial charge in [0.15, 0.2) is 0 Å². The summed E-state index contributed by atoms with van der Waals surface area (Å²) in [6.07, 6.45) is 2.22. The number of hydrogen-bond acceptors (Lipinski definition) is 3.